The van der Waals surface area contributed by atoms with Crippen LogP contribution in [0.1, 0.15) is 23.5 Å². The lowest BCUT2D eigenvalue weighted by molar-refractivity contribution is 0.850. The molecule has 1 aliphatic heterocycles. The van der Waals surface area contributed by atoms with E-state index >= 15 is 0 Å². The summed E-state index contributed by atoms with van der Waals surface area (Å²) in [5.41, 5.74) is 7.69. The van der Waals surface area contributed by atoms with E-state index in [0.717, 1.165) is 17.8 Å². The standard InChI is InChI=1S/C30H23NS/c1-3-9-24(10-4-1)31(25-11-5-2-6-12-25)26-18-15-22(16-19-26)23-17-20-30-28(21-23)27-13-7-8-14-29(27)32-30/h1-20,28H,21H2/t28-/m0/s1. The van der Waals surface area contributed by atoms with Crippen molar-refractivity contribution in [2.24, 2.45) is 0 Å². The minimum absolute atomic E-state index is 0.501. The van der Waals surface area contributed by atoms with Gasteiger partial charge in [0.25, 0.3) is 0 Å². The first-order valence-corrected chi connectivity index (χ1v) is 11.9. The molecule has 0 unspecified atom stereocenters. The highest BCUT2D eigenvalue weighted by Gasteiger charge is 2.30. The normalized spacial score (nSPS) is 16.6. The first-order valence-electron chi connectivity index (χ1n) is 11.0. The second-order valence-corrected chi connectivity index (χ2v) is 9.33. The van der Waals surface area contributed by atoms with Crippen LogP contribution in [0.15, 0.2) is 131 Å². The summed E-state index contributed by atoms with van der Waals surface area (Å²) in [6, 6.07) is 39.0. The predicted octanol–water partition coefficient (Wildman–Crippen LogP) is 8.72. The molecule has 1 nitrogen and oxygen atoms in total. The Hall–Kier alpha value is -3.49. The van der Waals surface area contributed by atoms with Crippen LogP contribution in [0.3, 0.4) is 0 Å². The molecule has 0 N–H and O–H groups in total. The molecule has 0 saturated carbocycles. The zero-order valence-corrected chi connectivity index (χ0v) is 18.5. The molecule has 0 bridgehead atoms. The van der Waals surface area contributed by atoms with Crippen LogP contribution in [-0.4, -0.2) is 0 Å². The molecule has 1 atom stereocenters. The van der Waals surface area contributed by atoms with Gasteiger partial charge in [-0.3, -0.25) is 0 Å². The molecule has 32 heavy (non-hydrogen) atoms. The van der Waals surface area contributed by atoms with Crippen LogP contribution < -0.4 is 4.90 Å². The van der Waals surface area contributed by atoms with Crippen molar-refractivity contribution in [3.05, 3.63) is 137 Å². The molecule has 154 valence electrons. The van der Waals surface area contributed by atoms with E-state index < -0.39 is 0 Å². The molecule has 1 heterocycles. The van der Waals surface area contributed by atoms with Crippen LogP contribution in [0.5, 0.6) is 0 Å². The number of hydrogen-bond acceptors (Lipinski definition) is 2. The number of anilines is 3. The third-order valence-electron chi connectivity index (χ3n) is 6.26. The molecule has 0 amide bonds. The summed E-state index contributed by atoms with van der Waals surface area (Å²) < 4.78 is 0. The van der Waals surface area contributed by atoms with Crippen LogP contribution in [-0.2, 0) is 0 Å². The summed E-state index contributed by atoms with van der Waals surface area (Å²) in [4.78, 5) is 5.20. The van der Waals surface area contributed by atoms with Gasteiger partial charge < -0.3 is 4.90 Å². The molecule has 0 fully saturated rings. The maximum Gasteiger partial charge on any atom is 0.0462 e. The average Bonchev–Trinajstić information content (AvgIpc) is 3.24. The number of para-hydroxylation sites is 2. The molecule has 2 aliphatic rings. The van der Waals surface area contributed by atoms with Gasteiger partial charge in [0.1, 0.15) is 0 Å². The number of hydrogen-bond donors (Lipinski definition) is 0. The van der Waals surface area contributed by atoms with Crippen LogP contribution in [0.2, 0.25) is 0 Å². The number of allylic oxidation sites excluding steroid dienone is 4. The zero-order chi connectivity index (χ0) is 21.3. The van der Waals surface area contributed by atoms with Gasteiger partial charge in [0.05, 0.1) is 0 Å². The molecule has 0 aromatic heterocycles. The summed E-state index contributed by atoms with van der Waals surface area (Å²) >= 11 is 1.93. The lowest BCUT2D eigenvalue weighted by atomic mass is 9.85. The third kappa shape index (κ3) is 3.47. The van der Waals surface area contributed by atoms with E-state index in [1.165, 1.54) is 32.2 Å². The van der Waals surface area contributed by atoms with Gasteiger partial charge in [0.2, 0.25) is 0 Å². The van der Waals surface area contributed by atoms with Gasteiger partial charge in [0.15, 0.2) is 0 Å². The lowest BCUT2D eigenvalue weighted by Crippen LogP contribution is -2.09. The topological polar surface area (TPSA) is 3.24 Å². The van der Waals surface area contributed by atoms with Crippen molar-refractivity contribution in [3.8, 4) is 0 Å². The van der Waals surface area contributed by atoms with Crippen LogP contribution in [0.25, 0.3) is 5.57 Å². The highest BCUT2D eigenvalue weighted by atomic mass is 32.2. The van der Waals surface area contributed by atoms with Gasteiger partial charge in [-0.05, 0) is 70.5 Å². The summed E-state index contributed by atoms with van der Waals surface area (Å²) in [7, 11) is 0. The lowest BCUT2D eigenvalue weighted by Gasteiger charge is -2.26. The minimum atomic E-state index is 0.501. The Kier molecular flexibility index (Phi) is 4.93. The number of nitrogens with zero attached hydrogens (tertiary/aromatic N) is 1. The first-order chi connectivity index (χ1) is 15.9. The van der Waals surface area contributed by atoms with Crippen LogP contribution in [0, 0.1) is 0 Å². The van der Waals surface area contributed by atoms with Crippen molar-refractivity contribution in [3.63, 3.8) is 0 Å². The summed E-state index contributed by atoms with van der Waals surface area (Å²) in [6.07, 6.45) is 5.70. The molecule has 0 saturated heterocycles. The fourth-order valence-corrected chi connectivity index (χ4v) is 5.90. The largest absolute Gasteiger partial charge is 0.311 e. The fourth-order valence-electron chi connectivity index (χ4n) is 4.68. The van der Waals surface area contributed by atoms with Crippen LogP contribution >= 0.6 is 11.8 Å². The Morgan fingerprint density at radius 2 is 1.19 bits per heavy atom. The number of rotatable bonds is 4. The Morgan fingerprint density at radius 1 is 0.594 bits per heavy atom. The second-order valence-electron chi connectivity index (χ2n) is 8.21. The Balaban J connectivity index is 1.32. The van der Waals surface area contributed by atoms with Crippen molar-refractivity contribution in [2.75, 3.05) is 4.90 Å². The maximum absolute atomic E-state index is 2.32. The van der Waals surface area contributed by atoms with Gasteiger partial charge in [0, 0.05) is 27.9 Å². The average molecular weight is 430 g/mol. The van der Waals surface area contributed by atoms with E-state index in [9.17, 15) is 0 Å². The van der Waals surface area contributed by atoms with E-state index in [0.29, 0.717) is 5.92 Å². The minimum Gasteiger partial charge on any atom is -0.311 e. The summed E-state index contributed by atoms with van der Waals surface area (Å²) in [5, 5.41) is 0. The monoisotopic (exact) mass is 429 g/mol. The first kappa shape index (κ1) is 19.2. The molecule has 6 rings (SSSR count). The van der Waals surface area contributed by atoms with Crippen molar-refractivity contribution in [1.29, 1.82) is 0 Å². The van der Waals surface area contributed by atoms with E-state index in [2.05, 4.69) is 126 Å². The molecular weight excluding hydrogens is 406 g/mol. The van der Waals surface area contributed by atoms with Gasteiger partial charge in [-0.1, -0.05) is 90.6 Å². The molecule has 1 aliphatic carbocycles. The van der Waals surface area contributed by atoms with E-state index in [1.807, 2.05) is 11.8 Å². The SMILES string of the molecule is C1=C(c2ccc(N(c3ccccc3)c3ccccc3)cc2)C[C@@H]2C(=C1)Sc1ccccc12. The zero-order valence-electron chi connectivity index (χ0n) is 17.7. The number of fused-ring (bicyclic) bond motifs is 3. The van der Waals surface area contributed by atoms with Gasteiger partial charge in [-0.2, -0.15) is 0 Å². The number of thioether (sulfide) groups is 1. The quantitative estimate of drug-likeness (QED) is 0.319. The van der Waals surface area contributed by atoms with Crippen molar-refractivity contribution in [1.82, 2.24) is 0 Å². The molecule has 4 aromatic carbocycles. The Bertz CT molecular complexity index is 1260. The Morgan fingerprint density at radius 3 is 1.88 bits per heavy atom. The summed E-state index contributed by atoms with van der Waals surface area (Å²) in [6.45, 7) is 0. The molecule has 0 spiro atoms. The number of benzene rings is 4. The van der Waals surface area contributed by atoms with Crippen LogP contribution in [0.4, 0.5) is 17.1 Å². The van der Waals surface area contributed by atoms with Crippen molar-refractivity contribution < 1.29 is 0 Å². The van der Waals surface area contributed by atoms with Crippen molar-refractivity contribution in [2.45, 2.75) is 17.2 Å². The van der Waals surface area contributed by atoms with Gasteiger partial charge >= 0.3 is 0 Å². The molecule has 2 heteroatoms. The Labute approximate surface area is 193 Å². The highest BCUT2D eigenvalue weighted by Crippen LogP contribution is 2.53. The summed E-state index contributed by atoms with van der Waals surface area (Å²) in [5.74, 6) is 0.501. The molecule has 4 aromatic rings. The second kappa shape index (κ2) is 8.22. The van der Waals surface area contributed by atoms with Crippen molar-refractivity contribution >= 4 is 34.4 Å². The molecule has 0 radical (unpaired) electrons. The molecular formula is C30H23NS. The smallest absolute Gasteiger partial charge is 0.0462 e. The highest BCUT2D eigenvalue weighted by molar-refractivity contribution is 8.03. The third-order valence-corrected chi connectivity index (χ3v) is 7.51. The van der Waals surface area contributed by atoms with Gasteiger partial charge in [-0.25, -0.2) is 0 Å². The predicted molar refractivity (Wildman–Crippen MR) is 137 cm³/mol. The maximum atomic E-state index is 2.32. The van der Waals surface area contributed by atoms with Gasteiger partial charge in [-0.15, -0.1) is 0 Å². The van der Waals surface area contributed by atoms with E-state index in [1.54, 1.807) is 0 Å². The fraction of sp³-hybridized carbons (Fsp3) is 0.0667. The van der Waals surface area contributed by atoms with E-state index in [-0.39, 0.29) is 0 Å². The van der Waals surface area contributed by atoms with E-state index in [4.69, 9.17) is 0 Å².